The molecule has 1 N–H and O–H groups in total. The maximum absolute atomic E-state index is 13.4. The van der Waals surface area contributed by atoms with Crippen LogP contribution in [0.4, 0.5) is 17.1 Å². The van der Waals surface area contributed by atoms with Crippen LogP contribution in [0.5, 0.6) is 0 Å². The fraction of sp³-hybridized carbons (Fsp3) is 0.280. The topological polar surface area (TPSA) is 91.6 Å². The second kappa shape index (κ2) is 9.30. The first kappa shape index (κ1) is 22.2. The van der Waals surface area contributed by atoms with Crippen molar-refractivity contribution in [3.8, 4) is 0 Å². The van der Waals surface area contributed by atoms with E-state index in [4.69, 9.17) is 11.6 Å². The monoisotopic (exact) mass is 477 g/mol. The van der Waals surface area contributed by atoms with Crippen molar-refractivity contribution in [2.75, 3.05) is 29.4 Å². The van der Waals surface area contributed by atoms with E-state index in [0.717, 1.165) is 29.0 Å². The van der Waals surface area contributed by atoms with Crippen molar-refractivity contribution in [1.82, 2.24) is 10.3 Å². The van der Waals surface area contributed by atoms with Crippen LogP contribution in [0.1, 0.15) is 11.1 Å². The number of halogens is 1. The summed E-state index contributed by atoms with van der Waals surface area (Å²) in [6, 6.07) is 16.4. The Labute approximate surface area is 202 Å². The van der Waals surface area contributed by atoms with E-state index in [9.17, 15) is 14.9 Å². The lowest BCUT2D eigenvalue weighted by molar-refractivity contribution is -0.384. The van der Waals surface area contributed by atoms with Crippen LogP contribution >= 0.6 is 11.6 Å². The molecule has 9 heteroatoms. The van der Waals surface area contributed by atoms with E-state index in [1.54, 1.807) is 24.5 Å². The molecule has 2 aromatic carbocycles. The molecule has 2 atom stereocenters. The van der Waals surface area contributed by atoms with Crippen LogP contribution in [0.15, 0.2) is 67.0 Å². The van der Waals surface area contributed by atoms with Gasteiger partial charge in [0.25, 0.3) is 5.69 Å². The van der Waals surface area contributed by atoms with Crippen LogP contribution in [0, 0.1) is 16.0 Å². The Morgan fingerprint density at radius 2 is 2.00 bits per heavy atom. The molecule has 3 aromatic rings. The van der Waals surface area contributed by atoms with Gasteiger partial charge in [0.15, 0.2) is 0 Å². The molecule has 1 aromatic heterocycles. The van der Waals surface area contributed by atoms with Gasteiger partial charge >= 0.3 is 0 Å². The number of non-ortho nitro benzene ring substituents is 1. The lowest BCUT2D eigenvalue weighted by atomic mass is 9.83. The number of nitrogens with zero attached hydrogens (tertiary/aromatic N) is 4. The van der Waals surface area contributed by atoms with E-state index in [0.29, 0.717) is 31.1 Å². The first-order valence-corrected chi connectivity index (χ1v) is 11.6. The Bertz CT molecular complexity index is 1220. The quantitative estimate of drug-likeness (QED) is 0.443. The molecule has 2 unspecified atom stereocenters. The third-order valence-electron chi connectivity index (χ3n) is 6.63. The number of carbonyl (C=O) groups is 1. The first-order chi connectivity index (χ1) is 16.5. The molecule has 2 aliphatic rings. The molecule has 34 heavy (non-hydrogen) atoms. The summed E-state index contributed by atoms with van der Waals surface area (Å²) in [4.78, 5) is 33.0. The number of hydrogen-bond acceptors (Lipinski definition) is 6. The predicted octanol–water partition coefficient (Wildman–Crippen LogP) is 3.83. The number of fused-ring (bicyclic) bond motifs is 3. The summed E-state index contributed by atoms with van der Waals surface area (Å²) in [6.45, 7) is 2.44. The summed E-state index contributed by atoms with van der Waals surface area (Å²) < 4.78 is 0. The number of carbonyl (C=O) groups excluding carboxylic acids is 1. The summed E-state index contributed by atoms with van der Waals surface area (Å²) in [5.41, 5.74) is 3.71. The van der Waals surface area contributed by atoms with Crippen LogP contribution in [0.3, 0.4) is 0 Å². The van der Waals surface area contributed by atoms with Gasteiger partial charge in [0.2, 0.25) is 5.91 Å². The van der Waals surface area contributed by atoms with E-state index in [1.807, 2.05) is 42.5 Å². The van der Waals surface area contributed by atoms with Gasteiger partial charge in [-0.25, -0.2) is 0 Å². The maximum atomic E-state index is 13.4. The van der Waals surface area contributed by atoms with Gasteiger partial charge in [0.1, 0.15) is 0 Å². The van der Waals surface area contributed by atoms with Crippen LogP contribution in [0.25, 0.3) is 0 Å². The van der Waals surface area contributed by atoms with Crippen molar-refractivity contribution in [3.05, 3.63) is 93.3 Å². The number of amides is 1. The van der Waals surface area contributed by atoms with Gasteiger partial charge in [0.05, 0.1) is 27.6 Å². The molecule has 0 aliphatic carbocycles. The second-order valence-corrected chi connectivity index (χ2v) is 9.03. The van der Waals surface area contributed by atoms with Crippen molar-refractivity contribution >= 4 is 34.6 Å². The highest BCUT2D eigenvalue weighted by atomic mass is 35.5. The normalized spacial score (nSPS) is 19.2. The van der Waals surface area contributed by atoms with Crippen LogP contribution in [0.2, 0.25) is 5.02 Å². The van der Waals surface area contributed by atoms with Gasteiger partial charge < -0.3 is 15.1 Å². The fourth-order valence-corrected chi connectivity index (χ4v) is 5.23. The standard InChI is InChI=1S/C25H24ClN5O3/c26-21-5-1-2-6-23(21)29-10-11-30-22-8-7-19(31(33)34)12-18(22)13-20(24(30)16-29)25(32)28-15-17-4-3-9-27-14-17/h1-9,12,14,20,24H,10-11,13,15-16H2,(H,28,32). The van der Waals surface area contributed by atoms with Gasteiger partial charge in [-0.3, -0.25) is 19.9 Å². The van der Waals surface area contributed by atoms with E-state index in [-0.39, 0.29) is 28.5 Å². The highest BCUT2D eigenvalue weighted by Crippen LogP contribution is 2.39. The van der Waals surface area contributed by atoms with Gasteiger partial charge in [-0.2, -0.15) is 0 Å². The molecule has 1 fully saturated rings. The molecule has 0 radical (unpaired) electrons. The Balaban J connectivity index is 1.45. The lowest BCUT2D eigenvalue weighted by Gasteiger charge is -2.49. The molecule has 0 spiro atoms. The third-order valence-corrected chi connectivity index (χ3v) is 6.95. The number of nitro groups is 1. The number of aromatic nitrogens is 1. The molecule has 8 nitrogen and oxygen atoms in total. The van der Waals surface area contributed by atoms with Crippen LogP contribution in [-0.4, -0.2) is 41.5 Å². The number of rotatable bonds is 5. The minimum Gasteiger partial charge on any atom is -0.366 e. The SMILES string of the molecule is O=C(NCc1cccnc1)C1Cc2cc([N+](=O)[O-])ccc2N2CCN(c3ccccc3Cl)CC12. The van der Waals surface area contributed by atoms with E-state index < -0.39 is 0 Å². The van der Waals surface area contributed by atoms with Crippen molar-refractivity contribution in [1.29, 1.82) is 0 Å². The van der Waals surface area contributed by atoms with Crippen molar-refractivity contribution in [3.63, 3.8) is 0 Å². The Morgan fingerprint density at radius 1 is 1.15 bits per heavy atom. The van der Waals surface area contributed by atoms with Crippen LogP contribution in [-0.2, 0) is 17.8 Å². The van der Waals surface area contributed by atoms with Gasteiger partial charge in [-0.05, 0) is 41.8 Å². The number of piperazine rings is 1. The van der Waals surface area contributed by atoms with Gasteiger partial charge in [-0.1, -0.05) is 29.8 Å². The van der Waals surface area contributed by atoms with E-state index in [1.165, 1.54) is 0 Å². The molecule has 2 aliphatic heterocycles. The van der Waals surface area contributed by atoms with E-state index >= 15 is 0 Å². The summed E-state index contributed by atoms with van der Waals surface area (Å²) in [5.74, 6) is -0.437. The average Bonchev–Trinajstić information content (AvgIpc) is 2.87. The molecular formula is C25H24ClN5O3. The number of benzene rings is 2. The van der Waals surface area contributed by atoms with Gasteiger partial charge in [0, 0.05) is 56.4 Å². The highest BCUT2D eigenvalue weighted by Gasteiger charge is 2.42. The number of anilines is 2. The molecule has 5 rings (SSSR count). The lowest BCUT2D eigenvalue weighted by Crippen LogP contribution is -2.61. The Morgan fingerprint density at radius 3 is 2.76 bits per heavy atom. The minimum atomic E-state index is -0.390. The summed E-state index contributed by atoms with van der Waals surface area (Å²) in [6.07, 6.45) is 3.86. The molecule has 1 amide bonds. The maximum Gasteiger partial charge on any atom is 0.269 e. The number of nitrogens with one attached hydrogen (secondary N) is 1. The number of pyridine rings is 1. The predicted molar refractivity (Wildman–Crippen MR) is 131 cm³/mol. The number of para-hydroxylation sites is 1. The molecule has 3 heterocycles. The van der Waals surface area contributed by atoms with Crippen molar-refractivity contribution in [2.45, 2.75) is 19.0 Å². The highest BCUT2D eigenvalue weighted by molar-refractivity contribution is 6.33. The largest absolute Gasteiger partial charge is 0.366 e. The minimum absolute atomic E-state index is 0.0430. The molecule has 1 saturated heterocycles. The zero-order valence-corrected chi connectivity index (χ0v) is 19.2. The number of hydrogen-bond donors (Lipinski definition) is 1. The Hall–Kier alpha value is -3.65. The number of nitro benzene ring substituents is 1. The fourth-order valence-electron chi connectivity index (χ4n) is 4.97. The van der Waals surface area contributed by atoms with Crippen molar-refractivity contribution < 1.29 is 9.72 Å². The summed E-state index contributed by atoms with van der Waals surface area (Å²) in [7, 11) is 0. The zero-order valence-electron chi connectivity index (χ0n) is 18.4. The molecule has 0 bridgehead atoms. The van der Waals surface area contributed by atoms with Gasteiger partial charge in [-0.15, -0.1) is 0 Å². The Kier molecular flexibility index (Phi) is 6.06. The third kappa shape index (κ3) is 4.28. The summed E-state index contributed by atoms with van der Waals surface area (Å²) >= 11 is 6.47. The average molecular weight is 478 g/mol. The molecule has 0 saturated carbocycles. The molecule has 174 valence electrons. The van der Waals surface area contributed by atoms with Crippen LogP contribution < -0.4 is 15.1 Å². The smallest absolute Gasteiger partial charge is 0.269 e. The zero-order chi connectivity index (χ0) is 23.7. The first-order valence-electron chi connectivity index (χ1n) is 11.2. The second-order valence-electron chi connectivity index (χ2n) is 8.62. The van der Waals surface area contributed by atoms with E-state index in [2.05, 4.69) is 20.1 Å². The molecular weight excluding hydrogens is 454 g/mol. The van der Waals surface area contributed by atoms with Crippen molar-refractivity contribution in [2.24, 2.45) is 5.92 Å². The summed E-state index contributed by atoms with van der Waals surface area (Å²) in [5, 5.41) is 15.1.